The van der Waals surface area contributed by atoms with E-state index < -0.39 is 47.6 Å². The van der Waals surface area contributed by atoms with Gasteiger partial charge in [0.1, 0.15) is 17.8 Å². The Morgan fingerprint density at radius 3 is 2.67 bits per heavy atom. The van der Waals surface area contributed by atoms with Crippen LogP contribution in [0.1, 0.15) is 40.5 Å². The average Bonchev–Trinajstić information content (AvgIpc) is 2.86. The van der Waals surface area contributed by atoms with E-state index in [0.29, 0.717) is 11.1 Å². The van der Waals surface area contributed by atoms with E-state index in [-0.39, 0.29) is 18.4 Å². The van der Waals surface area contributed by atoms with Crippen LogP contribution in [0, 0.1) is 5.92 Å². The summed E-state index contributed by atoms with van der Waals surface area (Å²) in [5.41, 5.74) is -0.983. The summed E-state index contributed by atoms with van der Waals surface area (Å²) in [6.07, 6.45) is -0.346. The summed E-state index contributed by atoms with van der Waals surface area (Å²) < 4.78 is 10.9. The molecule has 0 radical (unpaired) electrons. The van der Waals surface area contributed by atoms with Crippen molar-refractivity contribution in [1.82, 2.24) is 0 Å². The van der Waals surface area contributed by atoms with Gasteiger partial charge in [-0.15, -0.1) is 0 Å². The first kappa shape index (κ1) is 21.1. The van der Waals surface area contributed by atoms with E-state index in [4.69, 9.17) is 9.47 Å². The standard InChI is InChI=1S/C20H26O7/c1-6-10(2)18(23)27-15-9-20(5,25)16(22)8-13(21)11(3)7-14-17(15)12(4)19(24)26-14/h6-7,13-15,17,21,25H,4,8-9H2,1-3,5H3/b10-6-,11-7+/t13-,14+,15+,17-,20-/m0/s1. The van der Waals surface area contributed by atoms with Crippen LogP contribution in [0.25, 0.3) is 0 Å². The van der Waals surface area contributed by atoms with Gasteiger partial charge in [0.25, 0.3) is 0 Å². The zero-order valence-corrected chi connectivity index (χ0v) is 16.0. The molecule has 2 N–H and O–H groups in total. The lowest BCUT2D eigenvalue weighted by atomic mass is 9.79. The van der Waals surface area contributed by atoms with E-state index in [0.717, 1.165) is 0 Å². The zero-order chi connectivity index (χ0) is 20.5. The van der Waals surface area contributed by atoms with Crippen molar-refractivity contribution in [3.63, 3.8) is 0 Å². The molecule has 1 fully saturated rings. The van der Waals surface area contributed by atoms with Crippen LogP contribution in [-0.2, 0) is 23.9 Å². The van der Waals surface area contributed by atoms with E-state index in [9.17, 15) is 24.6 Å². The number of hydrogen-bond donors (Lipinski definition) is 2. The van der Waals surface area contributed by atoms with Crippen molar-refractivity contribution in [1.29, 1.82) is 0 Å². The molecule has 0 bridgehead atoms. The molecule has 7 nitrogen and oxygen atoms in total. The zero-order valence-electron chi connectivity index (χ0n) is 16.0. The lowest BCUT2D eigenvalue weighted by molar-refractivity contribution is -0.156. The number of fused-ring (bicyclic) bond motifs is 1. The Balaban J connectivity index is 2.52. The molecular weight excluding hydrogens is 352 g/mol. The Morgan fingerprint density at radius 1 is 1.44 bits per heavy atom. The molecule has 0 unspecified atom stereocenters. The topological polar surface area (TPSA) is 110 Å². The molecule has 0 aromatic carbocycles. The maximum atomic E-state index is 12.5. The molecule has 0 aromatic rings. The Hall–Kier alpha value is -2.25. The van der Waals surface area contributed by atoms with Gasteiger partial charge in [0.15, 0.2) is 5.78 Å². The van der Waals surface area contributed by atoms with E-state index in [1.54, 1.807) is 32.9 Å². The highest BCUT2D eigenvalue weighted by atomic mass is 16.6. The third-order valence-corrected chi connectivity index (χ3v) is 5.21. The Bertz CT molecular complexity index is 729. The molecular formula is C20H26O7. The Kier molecular flexibility index (Phi) is 6.07. The number of ether oxygens (including phenoxy) is 2. The summed E-state index contributed by atoms with van der Waals surface area (Å²) in [6.45, 7) is 9.91. The predicted molar refractivity (Wildman–Crippen MR) is 96.4 cm³/mol. The van der Waals surface area contributed by atoms with Crippen molar-refractivity contribution in [2.45, 2.75) is 64.4 Å². The molecule has 1 aliphatic heterocycles. The number of aliphatic hydroxyl groups excluding tert-OH is 1. The van der Waals surface area contributed by atoms with E-state index in [1.807, 2.05) is 0 Å². The predicted octanol–water partition coefficient (Wildman–Crippen LogP) is 1.38. The van der Waals surface area contributed by atoms with Gasteiger partial charge in [-0.1, -0.05) is 12.7 Å². The van der Waals surface area contributed by atoms with Crippen LogP contribution >= 0.6 is 0 Å². The fourth-order valence-corrected chi connectivity index (χ4v) is 3.20. The van der Waals surface area contributed by atoms with E-state index in [1.165, 1.54) is 6.92 Å². The first-order chi connectivity index (χ1) is 12.5. The fourth-order valence-electron chi connectivity index (χ4n) is 3.20. The Morgan fingerprint density at radius 2 is 2.07 bits per heavy atom. The highest BCUT2D eigenvalue weighted by Crippen LogP contribution is 2.37. The first-order valence-corrected chi connectivity index (χ1v) is 8.83. The lowest BCUT2D eigenvalue weighted by Crippen LogP contribution is -2.46. The van der Waals surface area contributed by atoms with Gasteiger partial charge in [-0.2, -0.15) is 0 Å². The van der Waals surface area contributed by atoms with Gasteiger partial charge in [0, 0.05) is 24.0 Å². The van der Waals surface area contributed by atoms with Gasteiger partial charge in [0.05, 0.1) is 12.0 Å². The molecule has 2 aliphatic rings. The second kappa shape index (κ2) is 7.78. The van der Waals surface area contributed by atoms with Gasteiger partial charge < -0.3 is 19.7 Å². The molecule has 1 heterocycles. The monoisotopic (exact) mass is 378 g/mol. The van der Waals surface area contributed by atoms with Gasteiger partial charge >= 0.3 is 11.9 Å². The van der Waals surface area contributed by atoms with Gasteiger partial charge in [0.2, 0.25) is 0 Å². The first-order valence-electron chi connectivity index (χ1n) is 8.83. The third-order valence-electron chi connectivity index (χ3n) is 5.21. The highest BCUT2D eigenvalue weighted by molar-refractivity contribution is 5.92. The maximum Gasteiger partial charge on any atom is 0.334 e. The second-order valence-corrected chi connectivity index (χ2v) is 7.37. The van der Waals surface area contributed by atoms with Crippen LogP contribution in [0.15, 0.2) is 35.5 Å². The number of Topliss-reactive ketones (excluding diaryl/α,β-unsaturated/α-hetero) is 1. The van der Waals surface area contributed by atoms with Crippen LogP contribution < -0.4 is 0 Å². The normalized spacial score (nSPS) is 37.2. The van der Waals surface area contributed by atoms with E-state index >= 15 is 0 Å². The van der Waals surface area contributed by atoms with E-state index in [2.05, 4.69) is 6.58 Å². The van der Waals surface area contributed by atoms with Crippen molar-refractivity contribution in [3.05, 3.63) is 35.5 Å². The summed E-state index contributed by atoms with van der Waals surface area (Å²) in [7, 11) is 0. The highest BCUT2D eigenvalue weighted by Gasteiger charge is 2.48. The molecule has 1 saturated heterocycles. The molecule has 0 aromatic heterocycles. The number of carbonyl (C=O) groups excluding carboxylic acids is 3. The van der Waals surface area contributed by atoms with Crippen LogP contribution in [-0.4, -0.2) is 51.8 Å². The molecule has 0 saturated carbocycles. The number of allylic oxidation sites excluding steroid dienone is 1. The van der Waals surface area contributed by atoms with Crippen LogP contribution in [0.2, 0.25) is 0 Å². The number of carbonyl (C=O) groups is 3. The summed E-state index contributed by atoms with van der Waals surface area (Å²) in [5.74, 6) is -2.61. The average molecular weight is 378 g/mol. The molecule has 0 spiro atoms. The van der Waals surface area contributed by atoms with Crippen molar-refractivity contribution in [3.8, 4) is 0 Å². The van der Waals surface area contributed by atoms with Crippen LogP contribution in [0.5, 0.6) is 0 Å². The van der Waals surface area contributed by atoms with Gasteiger partial charge in [-0.05, 0) is 39.3 Å². The van der Waals surface area contributed by atoms with Crippen LogP contribution in [0.4, 0.5) is 0 Å². The lowest BCUT2D eigenvalue weighted by Gasteiger charge is -2.33. The SMILES string of the molecule is C=C1C(=O)O[C@@H]2/C=C(\C)[C@@H](O)CC(=O)[C@@](C)(O)C[C@@H](OC(=O)/C(C)=C\C)[C@@H]12. The molecule has 7 heteroatoms. The minimum atomic E-state index is -1.86. The largest absolute Gasteiger partial charge is 0.458 e. The molecule has 5 atom stereocenters. The van der Waals surface area contributed by atoms with Crippen molar-refractivity contribution >= 4 is 17.7 Å². The number of rotatable bonds is 2. The number of esters is 2. The maximum absolute atomic E-state index is 12.5. The van der Waals surface area contributed by atoms with Crippen molar-refractivity contribution < 1.29 is 34.1 Å². The summed E-state index contributed by atoms with van der Waals surface area (Å²) >= 11 is 0. The molecule has 1 aliphatic carbocycles. The minimum Gasteiger partial charge on any atom is -0.458 e. The summed E-state index contributed by atoms with van der Waals surface area (Å²) in [4.78, 5) is 36.8. The number of aliphatic hydroxyl groups is 2. The van der Waals surface area contributed by atoms with Crippen LogP contribution in [0.3, 0.4) is 0 Å². The molecule has 0 amide bonds. The quantitative estimate of drug-likeness (QED) is 0.424. The smallest absolute Gasteiger partial charge is 0.334 e. The number of hydrogen-bond acceptors (Lipinski definition) is 7. The summed E-state index contributed by atoms with van der Waals surface area (Å²) in [5, 5.41) is 20.9. The third kappa shape index (κ3) is 4.36. The fraction of sp³-hybridized carbons (Fsp3) is 0.550. The van der Waals surface area contributed by atoms with Crippen molar-refractivity contribution in [2.75, 3.05) is 0 Å². The van der Waals surface area contributed by atoms with Gasteiger partial charge in [-0.25, -0.2) is 9.59 Å². The van der Waals surface area contributed by atoms with Crippen molar-refractivity contribution in [2.24, 2.45) is 5.92 Å². The molecule has 2 rings (SSSR count). The summed E-state index contributed by atoms with van der Waals surface area (Å²) in [6, 6.07) is 0. The molecule has 148 valence electrons. The second-order valence-electron chi connectivity index (χ2n) is 7.37. The van der Waals surface area contributed by atoms with Gasteiger partial charge in [-0.3, -0.25) is 4.79 Å². The number of ketones is 1. The Labute approximate surface area is 158 Å². The molecule has 27 heavy (non-hydrogen) atoms. The minimum absolute atomic E-state index is 0.0956.